The van der Waals surface area contributed by atoms with Crippen LogP contribution >= 0.6 is 11.6 Å². The largest absolute Gasteiger partial charge is 0.448 e. The SMILES string of the molecule is CCC(CC)S(=O)CC(C1CC1)N1C(=O)[C@]2(CCC1c1ccc(Cl)cc1)CC(=O)O2. The zero-order chi connectivity index (χ0) is 21.5. The number of amides is 1. The summed E-state index contributed by atoms with van der Waals surface area (Å²) in [6, 6.07) is 7.45. The monoisotopic (exact) mass is 451 g/mol. The van der Waals surface area contributed by atoms with Crippen LogP contribution in [0.2, 0.25) is 5.02 Å². The molecule has 4 atom stereocenters. The van der Waals surface area contributed by atoms with E-state index in [0.29, 0.717) is 23.1 Å². The molecule has 0 N–H and O–H groups in total. The highest BCUT2D eigenvalue weighted by molar-refractivity contribution is 7.85. The number of esters is 1. The van der Waals surface area contributed by atoms with Gasteiger partial charge in [0.25, 0.3) is 5.91 Å². The smallest absolute Gasteiger partial charge is 0.311 e. The number of likely N-dealkylation sites (tertiary alicyclic amines) is 1. The number of rotatable bonds is 8. The van der Waals surface area contributed by atoms with Gasteiger partial charge in [0, 0.05) is 32.9 Å². The second-order valence-electron chi connectivity index (χ2n) is 8.85. The Morgan fingerprint density at radius 3 is 2.33 bits per heavy atom. The highest BCUT2D eigenvalue weighted by Gasteiger charge is 2.60. The van der Waals surface area contributed by atoms with Gasteiger partial charge in [0.05, 0.1) is 12.5 Å². The first-order valence-corrected chi connectivity index (χ1v) is 12.8. The van der Waals surface area contributed by atoms with Gasteiger partial charge < -0.3 is 9.64 Å². The second-order valence-corrected chi connectivity index (χ2v) is 11.1. The fourth-order valence-electron chi connectivity index (χ4n) is 4.98. The zero-order valence-corrected chi connectivity index (χ0v) is 19.2. The molecule has 2 heterocycles. The Hall–Kier alpha value is -1.40. The van der Waals surface area contributed by atoms with E-state index < -0.39 is 16.4 Å². The van der Waals surface area contributed by atoms with Gasteiger partial charge in [-0.25, -0.2) is 0 Å². The van der Waals surface area contributed by atoms with E-state index in [-0.39, 0.29) is 35.6 Å². The van der Waals surface area contributed by atoms with Crippen LogP contribution in [0.3, 0.4) is 0 Å². The maximum Gasteiger partial charge on any atom is 0.311 e. The Morgan fingerprint density at radius 2 is 1.80 bits per heavy atom. The molecule has 1 amide bonds. The van der Waals surface area contributed by atoms with Gasteiger partial charge in [0.1, 0.15) is 0 Å². The third-order valence-corrected chi connectivity index (χ3v) is 9.25. The Balaban J connectivity index is 1.67. The summed E-state index contributed by atoms with van der Waals surface area (Å²) in [6.45, 7) is 4.15. The standard InChI is InChI=1S/C23H30ClNO4S/c1-3-18(4-2)30(28)14-20(16-5-6-16)25-19(15-7-9-17(24)10-8-15)11-12-23(22(25)27)13-21(26)29-23/h7-10,16,18-20H,3-6,11-14H2,1-2H3/t19?,20?,23-,30?/m0/s1. The van der Waals surface area contributed by atoms with Crippen LogP contribution < -0.4 is 0 Å². The Kier molecular flexibility index (Phi) is 6.27. The lowest BCUT2D eigenvalue weighted by atomic mass is 9.79. The van der Waals surface area contributed by atoms with Crippen molar-refractivity contribution in [2.24, 2.45) is 5.92 Å². The summed E-state index contributed by atoms with van der Waals surface area (Å²) in [4.78, 5) is 27.3. The molecule has 0 radical (unpaired) electrons. The minimum atomic E-state index is -1.01. The topological polar surface area (TPSA) is 63.7 Å². The van der Waals surface area contributed by atoms with E-state index in [0.717, 1.165) is 37.7 Å². The molecule has 1 aliphatic carbocycles. The van der Waals surface area contributed by atoms with E-state index in [4.69, 9.17) is 16.3 Å². The van der Waals surface area contributed by atoms with Crippen molar-refractivity contribution in [2.75, 3.05) is 5.75 Å². The van der Waals surface area contributed by atoms with Crippen molar-refractivity contribution in [1.82, 2.24) is 4.90 Å². The molecule has 2 saturated heterocycles. The molecule has 0 bridgehead atoms. The molecule has 4 rings (SSSR count). The molecule has 0 aromatic heterocycles. The number of carbonyl (C=O) groups excluding carboxylic acids is 2. The molecule has 1 saturated carbocycles. The van der Waals surface area contributed by atoms with E-state index in [1.54, 1.807) is 0 Å². The Bertz CT molecular complexity index is 826. The van der Waals surface area contributed by atoms with Crippen LogP contribution in [0.4, 0.5) is 0 Å². The summed E-state index contributed by atoms with van der Waals surface area (Å²) >= 11 is 6.09. The van der Waals surface area contributed by atoms with Crippen molar-refractivity contribution in [3.63, 3.8) is 0 Å². The molecule has 1 spiro atoms. The lowest BCUT2D eigenvalue weighted by Crippen LogP contribution is -2.65. The number of piperidine rings is 1. The quantitative estimate of drug-likeness (QED) is 0.549. The molecule has 30 heavy (non-hydrogen) atoms. The summed E-state index contributed by atoms with van der Waals surface area (Å²) in [6.07, 6.45) is 5.26. The van der Waals surface area contributed by atoms with Crippen molar-refractivity contribution in [3.8, 4) is 0 Å². The van der Waals surface area contributed by atoms with Gasteiger partial charge in [0.2, 0.25) is 5.60 Å². The molecule has 1 aromatic rings. The van der Waals surface area contributed by atoms with E-state index in [1.165, 1.54) is 0 Å². The first-order chi connectivity index (χ1) is 14.4. The maximum atomic E-state index is 13.7. The molecule has 3 unspecified atom stereocenters. The zero-order valence-electron chi connectivity index (χ0n) is 17.6. The normalized spacial score (nSPS) is 28.4. The number of halogens is 1. The molecule has 5 nitrogen and oxygen atoms in total. The lowest BCUT2D eigenvalue weighted by molar-refractivity contribution is -0.210. The second kappa shape index (κ2) is 8.62. The minimum absolute atomic E-state index is 0.0870. The van der Waals surface area contributed by atoms with Gasteiger partial charge >= 0.3 is 5.97 Å². The lowest BCUT2D eigenvalue weighted by Gasteiger charge is -2.51. The number of carbonyl (C=O) groups is 2. The molecule has 7 heteroatoms. The van der Waals surface area contributed by atoms with Gasteiger partial charge in [-0.05, 0) is 62.1 Å². The van der Waals surface area contributed by atoms with E-state index in [2.05, 4.69) is 13.8 Å². The van der Waals surface area contributed by atoms with Crippen LogP contribution in [0.25, 0.3) is 0 Å². The van der Waals surface area contributed by atoms with Crippen LogP contribution in [-0.4, -0.2) is 43.6 Å². The first-order valence-electron chi connectivity index (χ1n) is 11.1. The highest BCUT2D eigenvalue weighted by Crippen LogP contribution is 2.48. The van der Waals surface area contributed by atoms with Gasteiger partial charge in [-0.1, -0.05) is 37.6 Å². The summed E-state index contributed by atoms with van der Waals surface area (Å²) in [5, 5.41) is 0.807. The number of hydrogen-bond donors (Lipinski definition) is 0. The molecule has 2 aliphatic heterocycles. The third kappa shape index (κ3) is 4.05. The van der Waals surface area contributed by atoms with Crippen molar-refractivity contribution < 1.29 is 18.5 Å². The average molecular weight is 452 g/mol. The first kappa shape index (κ1) is 21.8. The molecule has 1 aromatic carbocycles. The fraction of sp³-hybridized carbons (Fsp3) is 0.652. The van der Waals surface area contributed by atoms with Crippen LogP contribution in [0, 0.1) is 5.92 Å². The molecule has 164 valence electrons. The van der Waals surface area contributed by atoms with Crippen LogP contribution in [0.15, 0.2) is 24.3 Å². The predicted molar refractivity (Wildman–Crippen MR) is 118 cm³/mol. The summed E-state index contributed by atoms with van der Waals surface area (Å²) in [7, 11) is -0.999. The molecular weight excluding hydrogens is 422 g/mol. The van der Waals surface area contributed by atoms with Crippen molar-refractivity contribution in [2.45, 2.75) is 81.7 Å². The predicted octanol–water partition coefficient (Wildman–Crippen LogP) is 4.41. The van der Waals surface area contributed by atoms with E-state index >= 15 is 0 Å². The average Bonchev–Trinajstić information content (AvgIpc) is 3.54. The van der Waals surface area contributed by atoms with E-state index in [9.17, 15) is 13.8 Å². The van der Waals surface area contributed by atoms with Crippen LogP contribution in [0.1, 0.15) is 70.4 Å². The summed E-state index contributed by atoms with van der Waals surface area (Å²) in [5.41, 5.74) is 0.0241. The number of benzene rings is 1. The Labute approximate surface area is 185 Å². The molecular formula is C23H30ClNO4S. The summed E-state index contributed by atoms with van der Waals surface area (Å²) < 4.78 is 18.6. The Morgan fingerprint density at radius 1 is 1.17 bits per heavy atom. The third-order valence-electron chi connectivity index (χ3n) is 6.92. The van der Waals surface area contributed by atoms with Gasteiger partial charge in [-0.3, -0.25) is 13.8 Å². The number of hydrogen-bond acceptors (Lipinski definition) is 4. The van der Waals surface area contributed by atoms with Crippen LogP contribution in [-0.2, 0) is 25.1 Å². The van der Waals surface area contributed by atoms with Gasteiger partial charge in [-0.2, -0.15) is 0 Å². The van der Waals surface area contributed by atoms with Crippen molar-refractivity contribution >= 4 is 34.3 Å². The van der Waals surface area contributed by atoms with Crippen molar-refractivity contribution in [3.05, 3.63) is 34.9 Å². The van der Waals surface area contributed by atoms with Crippen LogP contribution in [0.5, 0.6) is 0 Å². The minimum Gasteiger partial charge on any atom is -0.448 e. The number of nitrogens with zero attached hydrogens (tertiary/aromatic N) is 1. The maximum absolute atomic E-state index is 13.7. The van der Waals surface area contributed by atoms with Gasteiger partial charge in [-0.15, -0.1) is 0 Å². The highest BCUT2D eigenvalue weighted by atomic mass is 35.5. The fourth-order valence-corrected chi connectivity index (χ4v) is 6.89. The van der Waals surface area contributed by atoms with Crippen molar-refractivity contribution in [1.29, 1.82) is 0 Å². The molecule has 3 fully saturated rings. The number of ether oxygens (including phenoxy) is 1. The van der Waals surface area contributed by atoms with Gasteiger partial charge in [0.15, 0.2) is 0 Å². The van der Waals surface area contributed by atoms with E-state index in [1.807, 2.05) is 29.2 Å². The molecule has 3 aliphatic rings. The summed E-state index contributed by atoms with van der Waals surface area (Å²) in [5.74, 6) is 0.452.